The predicted octanol–water partition coefficient (Wildman–Crippen LogP) is 4.18. The number of ether oxygens (including phenoxy) is 6. The molecule has 0 N–H and O–H groups in total. The first-order valence-electron chi connectivity index (χ1n) is 8.94. The van der Waals surface area contributed by atoms with Gasteiger partial charge in [-0.1, -0.05) is 23.2 Å². The highest BCUT2D eigenvalue weighted by atomic mass is 35.5. The Morgan fingerprint density at radius 1 is 0.643 bits per heavy atom. The minimum atomic E-state index is -0.613. The highest BCUT2D eigenvalue weighted by Gasteiger charge is 2.28. The van der Waals surface area contributed by atoms with Crippen molar-refractivity contribution in [1.82, 2.24) is 0 Å². The average molecular weight is 429 g/mol. The maximum atomic E-state index is 5.84. The summed E-state index contributed by atoms with van der Waals surface area (Å²) >= 11 is 11.7. The van der Waals surface area contributed by atoms with Crippen molar-refractivity contribution in [3.05, 3.63) is 58.6 Å². The lowest BCUT2D eigenvalue weighted by Gasteiger charge is -2.31. The molecule has 2 atom stereocenters. The lowest BCUT2D eigenvalue weighted by Crippen LogP contribution is -2.43. The van der Waals surface area contributed by atoms with Crippen molar-refractivity contribution >= 4 is 23.2 Å². The third-order valence-electron chi connectivity index (χ3n) is 3.77. The zero-order valence-corrected chi connectivity index (χ0v) is 16.7. The van der Waals surface area contributed by atoms with Crippen LogP contribution in [0.2, 0.25) is 10.0 Å². The van der Waals surface area contributed by atoms with Crippen LogP contribution in [0.3, 0.4) is 0 Å². The molecule has 152 valence electrons. The predicted molar refractivity (Wildman–Crippen MR) is 105 cm³/mol. The van der Waals surface area contributed by atoms with Gasteiger partial charge in [-0.3, -0.25) is 0 Å². The van der Waals surface area contributed by atoms with Gasteiger partial charge >= 0.3 is 0 Å². The highest BCUT2D eigenvalue weighted by molar-refractivity contribution is 6.30. The number of halogens is 2. The molecule has 0 bridgehead atoms. The molecule has 1 aliphatic rings. The molecule has 2 unspecified atom stereocenters. The van der Waals surface area contributed by atoms with Crippen LogP contribution >= 0.6 is 23.2 Å². The van der Waals surface area contributed by atoms with Crippen LogP contribution in [0.25, 0.3) is 0 Å². The van der Waals surface area contributed by atoms with E-state index in [4.69, 9.17) is 51.6 Å². The first-order chi connectivity index (χ1) is 13.7. The minimum Gasteiger partial charge on any atom is -0.491 e. The summed E-state index contributed by atoms with van der Waals surface area (Å²) in [4.78, 5) is 0. The van der Waals surface area contributed by atoms with E-state index in [1.165, 1.54) is 0 Å². The van der Waals surface area contributed by atoms with E-state index < -0.39 is 12.6 Å². The first-order valence-corrected chi connectivity index (χ1v) is 9.69. The molecule has 1 fully saturated rings. The quantitative estimate of drug-likeness (QED) is 0.529. The first kappa shape index (κ1) is 21.2. The fourth-order valence-corrected chi connectivity index (χ4v) is 2.70. The van der Waals surface area contributed by atoms with Gasteiger partial charge in [-0.05, 0) is 48.5 Å². The van der Waals surface area contributed by atoms with Gasteiger partial charge in [0.1, 0.15) is 24.7 Å². The Morgan fingerprint density at radius 3 is 1.43 bits per heavy atom. The zero-order valence-electron chi connectivity index (χ0n) is 15.2. The summed E-state index contributed by atoms with van der Waals surface area (Å²) in [6.45, 7) is 2.30. The van der Waals surface area contributed by atoms with Gasteiger partial charge in [0.25, 0.3) is 0 Å². The van der Waals surface area contributed by atoms with Crippen molar-refractivity contribution in [3.63, 3.8) is 0 Å². The maximum Gasteiger partial charge on any atom is 0.209 e. The fourth-order valence-electron chi connectivity index (χ4n) is 2.45. The summed E-state index contributed by atoms with van der Waals surface area (Å²) in [5, 5.41) is 1.33. The molecule has 0 aliphatic carbocycles. The molecule has 0 saturated carbocycles. The monoisotopic (exact) mass is 428 g/mol. The molecular formula is C20H22Cl2O6. The molecule has 1 saturated heterocycles. The number of rotatable bonds is 10. The van der Waals surface area contributed by atoms with Crippen LogP contribution in [-0.2, 0) is 18.9 Å². The molecule has 0 spiro atoms. The van der Waals surface area contributed by atoms with Crippen molar-refractivity contribution in [2.45, 2.75) is 12.6 Å². The molecule has 0 radical (unpaired) electrons. The van der Waals surface area contributed by atoms with Crippen molar-refractivity contribution in [3.8, 4) is 11.5 Å². The van der Waals surface area contributed by atoms with E-state index in [0.29, 0.717) is 49.7 Å². The Labute approximate surface area is 174 Å². The molecule has 1 aliphatic heterocycles. The largest absolute Gasteiger partial charge is 0.491 e. The topological polar surface area (TPSA) is 55.4 Å². The summed E-state index contributed by atoms with van der Waals surface area (Å²) in [7, 11) is 0. The number of benzene rings is 2. The van der Waals surface area contributed by atoms with Crippen molar-refractivity contribution < 1.29 is 28.4 Å². The van der Waals surface area contributed by atoms with Crippen molar-refractivity contribution in [1.29, 1.82) is 0 Å². The lowest BCUT2D eigenvalue weighted by atomic mass is 10.3. The standard InChI is InChI=1S/C20H22Cl2O6/c21-15-1-5-17(6-2-15)23-9-11-25-19-20(28-14-13-27-19)26-12-10-24-18-7-3-16(22)4-8-18/h1-8,19-20H,9-14H2. The van der Waals surface area contributed by atoms with Crippen molar-refractivity contribution in [2.75, 3.05) is 39.6 Å². The van der Waals surface area contributed by atoms with Gasteiger partial charge in [0.2, 0.25) is 12.6 Å². The van der Waals surface area contributed by atoms with Gasteiger partial charge in [0, 0.05) is 10.0 Å². The van der Waals surface area contributed by atoms with Gasteiger partial charge < -0.3 is 28.4 Å². The summed E-state index contributed by atoms with van der Waals surface area (Å²) in [6.07, 6.45) is -1.23. The van der Waals surface area contributed by atoms with E-state index in [1.54, 1.807) is 48.5 Å². The van der Waals surface area contributed by atoms with E-state index in [0.717, 1.165) is 11.5 Å². The summed E-state index contributed by atoms with van der Waals surface area (Å²) in [5.74, 6) is 1.45. The van der Waals surface area contributed by atoms with E-state index in [2.05, 4.69) is 0 Å². The second kappa shape index (κ2) is 11.5. The molecule has 2 aromatic carbocycles. The summed E-state index contributed by atoms with van der Waals surface area (Å²) < 4.78 is 33.7. The molecule has 0 amide bonds. The van der Waals surface area contributed by atoms with E-state index in [9.17, 15) is 0 Å². The van der Waals surface area contributed by atoms with Gasteiger partial charge in [0.05, 0.1) is 26.4 Å². The van der Waals surface area contributed by atoms with Gasteiger partial charge in [0.15, 0.2) is 0 Å². The third-order valence-corrected chi connectivity index (χ3v) is 4.27. The second-order valence-electron chi connectivity index (χ2n) is 5.82. The average Bonchev–Trinajstić information content (AvgIpc) is 2.72. The zero-order chi connectivity index (χ0) is 19.6. The van der Waals surface area contributed by atoms with Crippen LogP contribution in [-0.4, -0.2) is 52.2 Å². The molecule has 2 aromatic rings. The lowest BCUT2D eigenvalue weighted by molar-refractivity contribution is -0.321. The maximum absolute atomic E-state index is 5.84. The van der Waals surface area contributed by atoms with Gasteiger partial charge in [-0.25, -0.2) is 0 Å². The Bertz CT molecular complexity index is 633. The van der Waals surface area contributed by atoms with Crippen LogP contribution in [0.5, 0.6) is 11.5 Å². The SMILES string of the molecule is Clc1ccc(OCCOC2OCCOC2OCCOc2ccc(Cl)cc2)cc1. The smallest absolute Gasteiger partial charge is 0.209 e. The Hall–Kier alpha value is -1.54. The Kier molecular flexibility index (Phi) is 8.67. The van der Waals surface area contributed by atoms with Crippen LogP contribution in [0, 0.1) is 0 Å². The van der Waals surface area contributed by atoms with Crippen LogP contribution < -0.4 is 9.47 Å². The molecule has 0 aromatic heterocycles. The van der Waals surface area contributed by atoms with Crippen molar-refractivity contribution in [2.24, 2.45) is 0 Å². The number of hydrogen-bond donors (Lipinski definition) is 0. The van der Waals surface area contributed by atoms with E-state index in [1.807, 2.05) is 0 Å². The molecule has 3 rings (SSSR count). The summed E-state index contributed by atoms with van der Waals surface area (Å²) in [6, 6.07) is 14.3. The molecule has 6 nitrogen and oxygen atoms in total. The van der Waals surface area contributed by atoms with Crippen LogP contribution in [0.15, 0.2) is 48.5 Å². The van der Waals surface area contributed by atoms with Crippen LogP contribution in [0.1, 0.15) is 0 Å². The fraction of sp³-hybridized carbons (Fsp3) is 0.400. The Morgan fingerprint density at radius 2 is 1.04 bits per heavy atom. The number of hydrogen-bond acceptors (Lipinski definition) is 6. The van der Waals surface area contributed by atoms with E-state index >= 15 is 0 Å². The van der Waals surface area contributed by atoms with Crippen LogP contribution in [0.4, 0.5) is 0 Å². The molecule has 8 heteroatoms. The molecule has 1 heterocycles. The molecule has 28 heavy (non-hydrogen) atoms. The summed E-state index contributed by atoms with van der Waals surface area (Å²) in [5.41, 5.74) is 0. The van der Waals surface area contributed by atoms with Gasteiger partial charge in [-0.15, -0.1) is 0 Å². The highest BCUT2D eigenvalue weighted by Crippen LogP contribution is 2.17. The second-order valence-corrected chi connectivity index (χ2v) is 6.70. The molecular weight excluding hydrogens is 407 g/mol. The normalized spacial score (nSPS) is 19.4. The van der Waals surface area contributed by atoms with Gasteiger partial charge in [-0.2, -0.15) is 0 Å². The van der Waals surface area contributed by atoms with E-state index in [-0.39, 0.29) is 0 Å². The minimum absolute atomic E-state index is 0.331. The Balaban J connectivity index is 1.33. The third kappa shape index (κ3) is 7.13.